The Morgan fingerprint density at radius 3 is 2.43 bits per heavy atom. The quantitative estimate of drug-likeness (QED) is 0.749. The fraction of sp³-hybridized carbons (Fsp3) is 0.909. The molecule has 1 N–H and O–H groups in total. The maximum Gasteiger partial charge on any atom is 0.154 e. The molecule has 2 unspecified atom stereocenters. The molecule has 0 radical (unpaired) electrons. The van der Waals surface area contributed by atoms with Gasteiger partial charge in [-0.3, -0.25) is 0 Å². The highest BCUT2D eigenvalue weighted by Gasteiger charge is 2.38. The molecule has 0 aliphatic heterocycles. The molecular weight excluding hydrogens is 178 g/mol. The molecule has 1 rings (SSSR count). The Morgan fingerprint density at radius 1 is 1.43 bits per heavy atom. The van der Waals surface area contributed by atoms with Crippen LogP contribution in [0.25, 0.3) is 0 Å². The van der Waals surface area contributed by atoms with Crippen LogP contribution in [0.1, 0.15) is 33.1 Å². The maximum atomic E-state index is 9.15. The number of hydrogen-bond donors (Lipinski definition) is 1. The van der Waals surface area contributed by atoms with Gasteiger partial charge in [0.25, 0.3) is 0 Å². The van der Waals surface area contributed by atoms with E-state index in [0.29, 0.717) is 11.8 Å². The average molecular weight is 197 g/mol. The van der Waals surface area contributed by atoms with Gasteiger partial charge in [0.2, 0.25) is 0 Å². The van der Waals surface area contributed by atoms with Crippen molar-refractivity contribution in [2.45, 2.75) is 38.7 Å². The van der Waals surface area contributed by atoms with Gasteiger partial charge in [-0.2, -0.15) is 5.26 Å². The summed E-state index contributed by atoms with van der Waals surface area (Å²) in [4.78, 5) is 0. The van der Waals surface area contributed by atoms with Gasteiger partial charge in [-0.25, -0.2) is 0 Å². The molecule has 0 saturated heterocycles. The topological polar surface area (TPSA) is 53.2 Å². The predicted molar refractivity (Wildman–Crippen MR) is 53.6 cm³/mol. The molecule has 0 amide bonds. The summed E-state index contributed by atoms with van der Waals surface area (Å²) in [7, 11) is 0. The summed E-state index contributed by atoms with van der Waals surface area (Å²) in [6.07, 6.45) is 2.77. The van der Waals surface area contributed by atoms with Crippen LogP contribution in [0.15, 0.2) is 0 Å². The second-order valence-electron chi connectivity index (χ2n) is 4.53. The summed E-state index contributed by atoms with van der Waals surface area (Å²) in [6, 6.07) is 2.28. The van der Waals surface area contributed by atoms with Crippen LogP contribution >= 0.6 is 0 Å². The molecule has 14 heavy (non-hydrogen) atoms. The Hall–Kier alpha value is -0.590. The predicted octanol–water partition coefficient (Wildman–Crippen LogP) is 1.71. The Bertz CT molecular complexity index is 212. The molecule has 0 spiro atoms. The fourth-order valence-electron chi connectivity index (χ4n) is 2.55. The van der Waals surface area contributed by atoms with Crippen molar-refractivity contribution >= 4 is 0 Å². The Morgan fingerprint density at radius 2 is 2.00 bits per heavy atom. The maximum absolute atomic E-state index is 9.15. The SMILES string of the molecule is CC1CC(C)CC(C#N)(OCCO)C1. The highest BCUT2D eigenvalue weighted by atomic mass is 16.5. The summed E-state index contributed by atoms with van der Waals surface area (Å²) in [5.41, 5.74) is -0.639. The molecule has 0 aromatic heterocycles. The van der Waals surface area contributed by atoms with Crippen LogP contribution in [-0.2, 0) is 4.74 Å². The Balaban J connectivity index is 2.63. The van der Waals surface area contributed by atoms with E-state index in [1.165, 1.54) is 6.42 Å². The number of nitriles is 1. The molecule has 0 bridgehead atoms. The first-order valence-electron chi connectivity index (χ1n) is 5.28. The number of aliphatic hydroxyl groups excluding tert-OH is 1. The number of ether oxygens (including phenoxy) is 1. The van der Waals surface area contributed by atoms with Gasteiger partial charge in [-0.05, 0) is 31.1 Å². The lowest BCUT2D eigenvalue weighted by Crippen LogP contribution is -2.40. The fourth-order valence-corrected chi connectivity index (χ4v) is 2.55. The molecule has 80 valence electrons. The minimum Gasteiger partial charge on any atom is -0.394 e. The smallest absolute Gasteiger partial charge is 0.154 e. The molecule has 1 saturated carbocycles. The van der Waals surface area contributed by atoms with Gasteiger partial charge in [0.05, 0.1) is 19.3 Å². The molecule has 0 aromatic carbocycles. The highest BCUT2D eigenvalue weighted by Crippen LogP contribution is 2.37. The van der Waals surface area contributed by atoms with Crippen molar-refractivity contribution in [3.63, 3.8) is 0 Å². The van der Waals surface area contributed by atoms with Crippen LogP contribution in [0.2, 0.25) is 0 Å². The number of hydrogen-bond acceptors (Lipinski definition) is 3. The van der Waals surface area contributed by atoms with E-state index in [0.717, 1.165) is 12.8 Å². The third-order valence-electron chi connectivity index (χ3n) is 2.83. The van der Waals surface area contributed by atoms with Crippen LogP contribution in [0, 0.1) is 23.2 Å². The van der Waals surface area contributed by atoms with Gasteiger partial charge in [-0.1, -0.05) is 13.8 Å². The summed E-state index contributed by atoms with van der Waals surface area (Å²) in [6.45, 7) is 4.58. The zero-order valence-corrected chi connectivity index (χ0v) is 8.99. The molecule has 1 aliphatic rings. The minimum atomic E-state index is -0.639. The van der Waals surface area contributed by atoms with E-state index in [4.69, 9.17) is 15.1 Å². The van der Waals surface area contributed by atoms with E-state index in [2.05, 4.69) is 19.9 Å². The lowest BCUT2D eigenvalue weighted by molar-refractivity contribution is -0.0633. The Labute approximate surface area is 85.7 Å². The number of rotatable bonds is 3. The number of aliphatic hydroxyl groups is 1. The van der Waals surface area contributed by atoms with Crippen molar-refractivity contribution in [3.8, 4) is 6.07 Å². The first-order valence-corrected chi connectivity index (χ1v) is 5.28. The van der Waals surface area contributed by atoms with E-state index in [1.54, 1.807) is 0 Å². The van der Waals surface area contributed by atoms with Gasteiger partial charge in [0, 0.05) is 0 Å². The summed E-state index contributed by atoms with van der Waals surface area (Å²) < 4.78 is 5.50. The van der Waals surface area contributed by atoms with Crippen molar-refractivity contribution in [1.82, 2.24) is 0 Å². The molecule has 0 aromatic rings. The lowest BCUT2D eigenvalue weighted by Gasteiger charge is -2.37. The second kappa shape index (κ2) is 4.77. The molecule has 1 aliphatic carbocycles. The first kappa shape index (κ1) is 11.5. The van der Waals surface area contributed by atoms with E-state index in [9.17, 15) is 0 Å². The van der Waals surface area contributed by atoms with Crippen LogP contribution < -0.4 is 0 Å². The molecule has 3 nitrogen and oxygen atoms in total. The zero-order valence-electron chi connectivity index (χ0n) is 8.99. The van der Waals surface area contributed by atoms with Gasteiger partial charge in [-0.15, -0.1) is 0 Å². The minimum absolute atomic E-state index is 0.00775. The van der Waals surface area contributed by atoms with E-state index in [-0.39, 0.29) is 13.2 Å². The number of nitrogens with zero attached hydrogens (tertiary/aromatic N) is 1. The van der Waals surface area contributed by atoms with Gasteiger partial charge in [0.15, 0.2) is 5.60 Å². The molecule has 1 fully saturated rings. The van der Waals surface area contributed by atoms with E-state index >= 15 is 0 Å². The van der Waals surface area contributed by atoms with Gasteiger partial charge >= 0.3 is 0 Å². The van der Waals surface area contributed by atoms with Crippen molar-refractivity contribution in [2.24, 2.45) is 11.8 Å². The van der Waals surface area contributed by atoms with Crippen molar-refractivity contribution in [1.29, 1.82) is 5.26 Å². The highest BCUT2D eigenvalue weighted by molar-refractivity contribution is 5.05. The summed E-state index contributed by atoms with van der Waals surface area (Å²) >= 11 is 0. The van der Waals surface area contributed by atoms with Crippen molar-refractivity contribution in [2.75, 3.05) is 13.2 Å². The monoisotopic (exact) mass is 197 g/mol. The molecule has 3 heteroatoms. The first-order chi connectivity index (χ1) is 6.62. The van der Waals surface area contributed by atoms with Crippen LogP contribution in [0.3, 0.4) is 0 Å². The molecule has 0 heterocycles. The lowest BCUT2D eigenvalue weighted by atomic mass is 9.74. The van der Waals surface area contributed by atoms with Crippen LogP contribution in [-0.4, -0.2) is 23.9 Å². The van der Waals surface area contributed by atoms with Crippen LogP contribution in [0.4, 0.5) is 0 Å². The normalized spacial score (nSPS) is 37.9. The standard InChI is InChI=1S/C11H19NO2/c1-9-5-10(2)7-11(6-9,8-12)14-4-3-13/h9-10,13H,3-7H2,1-2H3. The van der Waals surface area contributed by atoms with E-state index in [1.807, 2.05) is 0 Å². The largest absolute Gasteiger partial charge is 0.394 e. The Kier molecular flexibility index (Phi) is 3.91. The van der Waals surface area contributed by atoms with Gasteiger partial charge in [0.1, 0.15) is 0 Å². The third kappa shape index (κ3) is 2.70. The summed E-state index contributed by atoms with van der Waals surface area (Å²) in [5.74, 6) is 1.08. The summed E-state index contributed by atoms with van der Waals surface area (Å²) in [5, 5.41) is 17.9. The van der Waals surface area contributed by atoms with Crippen molar-refractivity contribution in [3.05, 3.63) is 0 Å². The molecule has 2 atom stereocenters. The zero-order chi connectivity index (χ0) is 10.6. The van der Waals surface area contributed by atoms with Crippen LogP contribution in [0.5, 0.6) is 0 Å². The van der Waals surface area contributed by atoms with E-state index < -0.39 is 5.60 Å². The van der Waals surface area contributed by atoms with Gasteiger partial charge < -0.3 is 9.84 Å². The average Bonchev–Trinajstić information content (AvgIpc) is 2.13. The second-order valence-corrected chi connectivity index (χ2v) is 4.53. The van der Waals surface area contributed by atoms with Crippen molar-refractivity contribution < 1.29 is 9.84 Å². The molecular formula is C11H19NO2. The third-order valence-corrected chi connectivity index (χ3v) is 2.83.